The summed E-state index contributed by atoms with van der Waals surface area (Å²) < 4.78 is 5.44. The van der Waals surface area contributed by atoms with Crippen LogP contribution < -0.4 is 10.2 Å². The van der Waals surface area contributed by atoms with E-state index in [4.69, 9.17) is 4.74 Å². The molecule has 3 heterocycles. The van der Waals surface area contributed by atoms with Crippen LogP contribution in [-0.2, 0) is 20.7 Å². The molecule has 6 nitrogen and oxygen atoms in total. The molecule has 2 amide bonds. The molecule has 3 aliphatic rings. The number of nitrogens with zero attached hydrogens (tertiary/aromatic N) is 2. The van der Waals surface area contributed by atoms with Crippen LogP contribution >= 0.6 is 0 Å². The summed E-state index contributed by atoms with van der Waals surface area (Å²) in [5.41, 5.74) is 4.13. The van der Waals surface area contributed by atoms with E-state index in [0.717, 1.165) is 44.0 Å². The fourth-order valence-corrected chi connectivity index (χ4v) is 3.52. The van der Waals surface area contributed by atoms with Crippen LogP contribution in [0, 0.1) is 0 Å². The van der Waals surface area contributed by atoms with E-state index in [9.17, 15) is 9.59 Å². The molecule has 120 valence electrons. The van der Waals surface area contributed by atoms with Crippen LogP contribution in [0.5, 0.6) is 0 Å². The van der Waals surface area contributed by atoms with Crippen molar-refractivity contribution in [1.29, 1.82) is 0 Å². The molecule has 0 aliphatic carbocycles. The van der Waals surface area contributed by atoms with Gasteiger partial charge in [-0.15, -0.1) is 0 Å². The van der Waals surface area contributed by atoms with E-state index in [0.29, 0.717) is 6.54 Å². The maximum Gasteiger partial charge on any atom is 0.246 e. The summed E-state index contributed by atoms with van der Waals surface area (Å²) in [6.45, 7) is 3.90. The largest absolute Gasteiger partial charge is 0.378 e. The molecule has 1 N–H and O–H groups in total. The molecule has 3 aliphatic heterocycles. The Kier molecular flexibility index (Phi) is 3.53. The molecule has 23 heavy (non-hydrogen) atoms. The van der Waals surface area contributed by atoms with Gasteiger partial charge in [-0.2, -0.15) is 0 Å². The van der Waals surface area contributed by atoms with Gasteiger partial charge in [-0.05, 0) is 18.1 Å². The molecule has 0 unspecified atom stereocenters. The van der Waals surface area contributed by atoms with E-state index in [2.05, 4.69) is 16.3 Å². The number of fused-ring (bicyclic) bond motifs is 3. The van der Waals surface area contributed by atoms with Gasteiger partial charge in [-0.1, -0.05) is 12.1 Å². The maximum absolute atomic E-state index is 12.2. The first-order valence-corrected chi connectivity index (χ1v) is 7.99. The predicted octanol–water partition coefficient (Wildman–Crippen LogP) is 0.379. The minimum atomic E-state index is -0.208. The second kappa shape index (κ2) is 5.70. The molecule has 1 fully saturated rings. The fraction of sp³-hybridized carbons (Fsp3) is 0.412. The molecule has 0 bridgehead atoms. The highest BCUT2D eigenvalue weighted by molar-refractivity contribution is 6.04. The SMILES string of the molecule is O=C1C=C2c3cccc(N4CCOCC4)c3CCN2C(=O)CN1. The number of carbonyl (C=O) groups is 2. The van der Waals surface area contributed by atoms with Crippen molar-refractivity contribution in [2.45, 2.75) is 6.42 Å². The standard InChI is InChI=1S/C17H19N3O3/c21-16-10-15-12-2-1-3-14(19-6-8-23-9-7-19)13(12)4-5-20(15)17(22)11-18-16/h1-3,10H,4-9,11H2,(H,18,21). The van der Waals surface area contributed by atoms with Crippen molar-refractivity contribution in [3.63, 3.8) is 0 Å². The van der Waals surface area contributed by atoms with Crippen LogP contribution in [0.25, 0.3) is 5.70 Å². The van der Waals surface area contributed by atoms with Crippen molar-refractivity contribution >= 4 is 23.2 Å². The van der Waals surface area contributed by atoms with Crippen molar-refractivity contribution in [2.75, 3.05) is 44.3 Å². The highest BCUT2D eigenvalue weighted by Crippen LogP contribution is 2.35. The van der Waals surface area contributed by atoms with Gasteiger partial charge >= 0.3 is 0 Å². The average Bonchev–Trinajstić information content (AvgIpc) is 2.74. The zero-order valence-electron chi connectivity index (χ0n) is 12.9. The zero-order chi connectivity index (χ0) is 15.8. The lowest BCUT2D eigenvalue weighted by atomic mass is 9.93. The van der Waals surface area contributed by atoms with Crippen LogP contribution in [0.4, 0.5) is 5.69 Å². The summed E-state index contributed by atoms with van der Waals surface area (Å²) in [5, 5.41) is 2.63. The summed E-state index contributed by atoms with van der Waals surface area (Å²) in [7, 11) is 0. The van der Waals surface area contributed by atoms with Crippen molar-refractivity contribution < 1.29 is 14.3 Å². The quantitative estimate of drug-likeness (QED) is 0.814. The van der Waals surface area contributed by atoms with Gasteiger partial charge in [0, 0.05) is 37.0 Å². The molecule has 0 aromatic heterocycles. The maximum atomic E-state index is 12.2. The number of amides is 2. The van der Waals surface area contributed by atoms with Gasteiger partial charge < -0.3 is 19.9 Å². The molecule has 0 radical (unpaired) electrons. The summed E-state index contributed by atoms with van der Waals surface area (Å²) in [6, 6.07) is 6.13. The van der Waals surface area contributed by atoms with E-state index in [-0.39, 0.29) is 18.4 Å². The molecule has 6 heteroatoms. The van der Waals surface area contributed by atoms with E-state index in [1.54, 1.807) is 11.0 Å². The first-order valence-electron chi connectivity index (χ1n) is 7.99. The van der Waals surface area contributed by atoms with Gasteiger partial charge in [0.05, 0.1) is 25.5 Å². The summed E-state index contributed by atoms with van der Waals surface area (Å²) in [6.07, 6.45) is 2.35. The predicted molar refractivity (Wildman–Crippen MR) is 85.9 cm³/mol. The number of benzene rings is 1. The average molecular weight is 313 g/mol. The summed E-state index contributed by atoms with van der Waals surface area (Å²) in [4.78, 5) is 28.2. The van der Waals surface area contributed by atoms with Crippen LogP contribution in [0.2, 0.25) is 0 Å². The van der Waals surface area contributed by atoms with E-state index in [1.165, 1.54) is 11.3 Å². The number of morpholine rings is 1. The number of hydrogen-bond donors (Lipinski definition) is 1. The first kappa shape index (κ1) is 14.3. The Labute approximate surface area is 134 Å². The summed E-state index contributed by atoms with van der Waals surface area (Å²) in [5.74, 6) is -0.259. The monoisotopic (exact) mass is 313 g/mol. The molecule has 0 saturated carbocycles. The third-order valence-electron chi connectivity index (χ3n) is 4.64. The van der Waals surface area contributed by atoms with Crippen molar-refractivity contribution in [1.82, 2.24) is 10.2 Å². The van der Waals surface area contributed by atoms with Crippen molar-refractivity contribution in [2.24, 2.45) is 0 Å². The van der Waals surface area contributed by atoms with Gasteiger partial charge in [0.2, 0.25) is 11.8 Å². The third kappa shape index (κ3) is 2.49. The smallest absolute Gasteiger partial charge is 0.246 e. The lowest BCUT2D eigenvalue weighted by Crippen LogP contribution is -2.40. The van der Waals surface area contributed by atoms with Crippen LogP contribution in [0.3, 0.4) is 0 Å². The molecule has 1 saturated heterocycles. The Morgan fingerprint density at radius 2 is 1.91 bits per heavy atom. The first-order chi connectivity index (χ1) is 11.2. The van der Waals surface area contributed by atoms with Crippen molar-refractivity contribution in [3.05, 3.63) is 35.4 Å². The van der Waals surface area contributed by atoms with Crippen LogP contribution in [0.1, 0.15) is 11.1 Å². The van der Waals surface area contributed by atoms with Gasteiger partial charge in [0.25, 0.3) is 0 Å². The lowest BCUT2D eigenvalue weighted by Gasteiger charge is -2.36. The minimum absolute atomic E-state index is 0.0514. The molecule has 4 rings (SSSR count). The zero-order valence-corrected chi connectivity index (χ0v) is 12.9. The minimum Gasteiger partial charge on any atom is -0.378 e. The van der Waals surface area contributed by atoms with Crippen LogP contribution in [-0.4, -0.2) is 56.1 Å². The van der Waals surface area contributed by atoms with Gasteiger partial charge in [0.15, 0.2) is 0 Å². The molecule has 0 atom stereocenters. The molecular formula is C17H19N3O3. The van der Waals surface area contributed by atoms with Gasteiger partial charge in [-0.25, -0.2) is 0 Å². The number of nitrogens with one attached hydrogen (secondary N) is 1. The van der Waals surface area contributed by atoms with Crippen LogP contribution in [0.15, 0.2) is 24.3 Å². The Morgan fingerprint density at radius 1 is 1.09 bits per heavy atom. The topological polar surface area (TPSA) is 61.9 Å². The molecule has 1 aromatic rings. The number of rotatable bonds is 1. The van der Waals surface area contributed by atoms with E-state index in [1.807, 2.05) is 12.1 Å². The number of anilines is 1. The Hall–Kier alpha value is -2.34. The number of carbonyl (C=O) groups excluding carboxylic acids is 2. The summed E-state index contributed by atoms with van der Waals surface area (Å²) >= 11 is 0. The molecular weight excluding hydrogens is 294 g/mol. The Balaban J connectivity index is 1.78. The third-order valence-corrected chi connectivity index (χ3v) is 4.64. The van der Waals surface area contributed by atoms with Gasteiger partial charge in [-0.3, -0.25) is 9.59 Å². The molecule has 0 spiro atoms. The highest BCUT2D eigenvalue weighted by atomic mass is 16.5. The Bertz CT molecular complexity index is 692. The lowest BCUT2D eigenvalue weighted by molar-refractivity contribution is -0.128. The van der Waals surface area contributed by atoms with E-state index >= 15 is 0 Å². The highest BCUT2D eigenvalue weighted by Gasteiger charge is 2.30. The normalized spacial score (nSPS) is 21.1. The molecule has 1 aromatic carbocycles. The fourth-order valence-electron chi connectivity index (χ4n) is 3.52. The Morgan fingerprint density at radius 3 is 2.74 bits per heavy atom. The van der Waals surface area contributed by atoms with Gasteiger partial charge in [0.1, 0.15) is 0 Å². The van der Waals surface area contributed by atoms with Crippen molar-refractivity contribution in [3.8, 4) is 0 Å². The second-order valence-electron chi connectivity index (χ2n) is 5.95. The number of ether oxygens (including phenoxy) is 1. The number of hydrogen-bond acceptors (Lipinski definition) is 4. The van der Waals surface area contributed by atoms with E-state index < -0.39 is 0 Å². The second-order valence-corrected chi connectivity index (χ2v) is 5.95.